The molecule has 0 spiro atoms. The molecule has 2 aliphatic carbocycles. The lowest BCUT2D eigenvalue weighted by Gasteiger charge is -2.59. The Hall–Kier alpha value is -1.83. The van der Waals surface area contributed by atoms with Crippen molar-refractivity contribution in [3.63, 3.8) is 0 Å². The van der Waals surface area contributed by atoms with Gasteiger partial charge in [-0.25, -0.2) is 0 Å². The van der Waals surface area contributed by atoms with Crippen molar-refractivity contribution in [3.05, 3.63) is 17.2 Å². The van der Waals surface area contributed by atoms with Crippen molar-refractivity contribution in [2.45, 2.75) is 38.3 Å². The highest BCUT2D eigenvalue weighted by Crippen LogP contribution is 2.65. The predicted octanol–water partition coefficient (Wildman–Crippen LogP) is 1.09. The Morgan fingerprint density at radius 2 is 2.00 bits per heavy atom. The van der Waals surface area contributed by atoms with Crippen LogP contribution in [-0.2, 0) is 4.74 Å². The number of methoxy groups -OCH3 is 1. The second kappa shape index (κ2) is 4.84. The van der Waals surface area contributed by atoms with Gasteiger partial charge in [-0.3, -0.25) is 4.79 Å². The molecule has 7 heteroatoms. The summed E-state index contributed by atoms with van der Waals surface area (Å²) in [4.78, 5) is 13.1. The Labute approximate surface area is 138 Å². The summed E-state index contributed by atoms with van der Waals surface area (Å²) in [5.74, 6) is -2.11. The van der Waals surface area contributed by atoms with Gasteiger partial charge in [-0.15, -0.1) is 0 Å². The summed E-state index contributed by atoms with van der Waals surface area (Å²) in [5, 5.41) is 41.8. The maximum absolute atomic E-state index is 13.1. The number of ketones is 1. The van der Waals surface area contributed by atoms with Crippen LogP contribution in [0.3, 0.4) is 0 Å². The van der Waals surface area contributed by atoms with Gasteiger partial charge < -0.3 is 29.9 Å². The number of Topliss-reactive ketones (excluding diaryl/α,β-unsaturated/α-hetero) is 1. The van der Waals surface area contributed by atoms with Gasteiger partial charge in [-0.05, 0) is 12.8 Å². The van der Waals surface area contributed by atoms with E-state index in [2.05, 4.69) is 0 Å². The van der Waals surface area contributed by atoms with E-state index in [-0.39, 0.29) is 34.2 Å². The number of aliphatic hydroxyl groups excluding tert-OH is 2. The first-order valence-corrected chi connectivity index (χ1v) is 8.01. The predicted molar refractivity (Wildman–Crippen MR) is 80.8 cm³/mol. The van der Waals surface area contributed by atoms with Crippen LogP contribution < -0.4 is 4.74 Å². The summed E-state index contributed by atoms with van der Waals surface area (Å²) in [6, 6.07) is 1.19. The summed E-state index contributed by atoms with van der Waals surface area (Å²) >= 11 is 0. The Morgan fingerprint density at radius 1 is 1.29 bits per heavy atom. The minimum absolute atomic E-state index is 0.00612. The molecule has 6 atom stereocenters. The van der Waals surface area contributed by atoms with Crippen molar-refractivity contribution in [3.8, 4) is 17.2 Å². The molecule has 1 heterocycles. The second-order valence-corrected chi connectivity index (χ2v) is 7.11. The van der Waals surface area contributed by atoms with Crippen LogP contribution >= 0.6 is 0 Å². The van der Waals surface area contributed by atoms with Crippen molar-refractivity contribution in [1.29, 1.82) is 0 Å². The smallest absolute Gasteiger partial charge is 0.171 e. The monoisotopic (exact) mass is 336 g/mol. The van der Waals surface area contributed by atoms with Crippen molar-refractivity contribution in [2.24, 2.45) is 17.3 Å². The molecule has 1 aliphatic heterocycles. The van der Waals surface area contributed by atoms with E-state index < -0.39 is 35.7 Å². The zero-order chi connectivity index (χ0) is 17.4. The highest BCUT2D eigenvalue weighted by molar-refractivity contribution is 6.05. The van der Waals surface area contributed by atoms with Crippen LogP contribution in [0.4, 0.5) is 0 Å². The maximum atomic E-state index is 13.1. The average Bonchev–Trinajstić information content (AvgIpc) is 2.54. The minimum Gasteiger partial charge on any atom is -0.507 e. The fraction of sp³-hybridized carbons (Fsp3) is 0.588. The summed E-state index contributed by atoms with van der Waals surface area (Å²) < 4.78 is 10.8. The van der Waals surface area contributed by atoms with Crippen molar-refractivity contribution < 1.29 is 34.7 Å². The minimum atomic E-state index is -1.16. The van der Waals surface area contributed by atoms with E-state index in [0.29, 0.717) is 12.8 Å². The number of hydrogen-bond acceptors (Lipinski definition) is 7. The largest absolute Gasteiger partial charge is 0.507 e. The molecule has 0 unspecified atom stereocenters. The summed E-state index contributed by atoms with van der Waals surface area (Å²) in [7, 11) is 1.33. The molecule has 3 aliphatic rings. The Balaban J connectivity index is 2.04. The third-order valence-corrected chi connectivity index (χ3v) is 6.09. The van der Waals surface area contributed by atoms with Crippen LogP contribution in [-0.4, -0.2) is 45.7 Å². The average molecular weight is 336 g/mol. The van der Waals surface area contributed by atoms with Crippen LogP contribution in [0.1, 0.15) is 41.8 Å². The molecular formula is C17H20O7. The standard InChI is InChI=1S/C17H20O7/c1-17-9(19)4-3-6-12(17)14(21)10-7(18)5-8(23-2)13(20)11(10)15(17)24-16(6)22/h5-6,9,12,15-16,18-20,22H,3-4H2,1-2H3/t6-,9+,12+,15-,16-,17+/m0/s1. The molecule has 1 saturated carbocycles. The van der Waals surface area contributed by atoms with Crippen molar-refractivity contribution in [1.82, 2.24) is 0 Å². The van der Waals surface area contributed by atoms with Gasteiger partial charge in [0.15, 0.2) is 23.6 Å². The highest BCUT2D eigenvalue weighted by atomic mass is 16.6. The highest BCUT2D eigenvalue weighted by Gasteiger charge is 2.65. The number of rotatable bonds is 1. The molecule has 1 aromatic carbocycles. The van der Waals surface area contributed by atoms with E-state index in [1.165, 1.54) is 13.2 Å². The lowest BCUT2D eigenvalue weighted by Crippen LogP contribution is -2.63. The van der Waals surface area contributed by atoms with E-state index in [1.54, 1.807) is 6.92 Å². The van der Waals surface area contributed by atoms with E-state index in [0.717, 1.165) is 0 Å². The number of hydrogen-bond donors (Lipinski definition) is 4. The number of aliphatic hydroxyl groups is 2. The van der Waals surface area contributed by atoms with Crippen LogP contribution in [0.15, 0.2) is 6.07 Å². The van der Waals surface area contributed by atoms with E-state index in [1.807, 2.05) is 0 Å². The molecule has 4 rings (SSSR count). The van der Waals surface area contributed by atoms with Gasteiger partial charge in [0.05, 0.1) is 24.9 Å². The molecule has 4 bridgehead atoms. The van der Waals surface area contributed by atoms with Gasteiger partial charge in [0.1, 0.15) is 5.75 Å². The zero-order valence-electron chi connectivity index (χ0n) is 13.4. The Bertz CT molecular complexity index is 730. The maximum Gasteiger partial charge on any atom is 0.171 e. The Kier molecular flexibility index (Phi) is 3.16. The number of carbonyl (C=O) groups excluding carboxylic acids is 1. The van der Waals surface area contributed by atoms with Crippen LogP contribution in [0.5, 0.6) is 17.2 Å². The summed E-state index contributed by atoms with van der Waals surface area (Å²) in [6.07, 6.45) is -2.00. The number of phenolic OH excluding ortho intramolecular Hbond substituents is 2. The molecule has 1 aromatic rings. The fourth-order valence-electron chi connectivity index (χ4n) is 4.86. The number of fused-ring (bicyclic) bond motifs is 2. The molecule has 4 N–H and O–H groups in total. The number of phenols is 2. The lowest BCUT2D eigenvalue weighted by atomic mass is 9.51. The topological polar surface area (TPSA) is 116 Å². The number of carbonyl (C=O) groups is 1. The number of ether oxygens (including phenoxy) is 2. The molecule has 7 nitrogen and oxygen atoms in total. The molecule has 0 aromatic heterocycles. The molecule has 130 valence electrons. The fourth-order valence-corrected chi connectivity index (χ4v) is 4.86. The summed E-state index contributed by atoms with van der Waals surface area (Å²) in [5.41, 5.74) is -0.913. The number of benzene rings is 1. The van der Waals surface area contributed by atoms with Crippen molar-refractivity contribution in [2.75, 3.05) is 7.11 Å². The third kappa shape index (κ3) is 1.64. The van der Waals surface area contributed by atoms with Crippen LogP contribution in [0, 0.1) is 17.3 Å². The molecule has 0 amide bonds. The Morgan fingerprint density at radius 3 is 2.67 bits per heavy atom. The first kappa shape index (κ1) is 15.7. The zero-order valence-corrected chi connectivity index (χ0v) is 13.4. The van der Waals surface area contributed by atoms with Gasteiger partial charge in [0, 0.05) is 28.9 Å². The SMILES string of the molecule is COc1cc(O)c2c(c1O)[C@@H]1O[C@H](O)[C@H]3CC[C@@H](O)[C@]1(C)[C@H]3C2=O. The first-order chi connectivity index (χ1) is 11.3. The van der Waals surface area contributed by atoms with E-state index in [4.69, 9.17) is 9.47 Å². The van der Waals surface area contributed by atoms with E-state index in [9.17, 15) is 25.2 Å². The first-order valence-electron chi connectivity index (χ1n) is 8.01. The van der Waals surface area contributed by atoms with Crippen LogP contribution in [0.2, 0.25) is 0 Å². The van der Waals surface area contributed by atoms with Gasteiger partial charge in [-0.1, -0.05) is 6.92 Å². The van der Waals surface area contributed by atoms with Gasteiger partial charge in [0.25, 0.3) is 0 Å². The van der Waals surface area contributed by atoms with Crippen LogP contribution in [0.25, 0.3) is 0 Å². The third-order valence-electron chi connectivity index (χ3n) is 6.09. The van der Waals surface area contributed by atoms with Gasteiger partial charge in [0.2, 0.25) is 0 Å². The second-order valence-electron chi connectivity index (χ2n) is 7.11. The summed E-state index contributed by atoms with van der Waals surface area (Å²) in [6.45, 7) is 1.74. The molecule has 0 radical (unpaired) electrons. The molecule has 24 heavy (non-hydrogen) atoms. The normalized spacial score (nSPS) is 40.2. The van der Waals surface area contributed by atoms with Gasteiger partial charge >= 0.3 is 0 Å². The molecular weight excluding hydrogens is 316 g/mol. The quantitative estimate of drug-likeness (QED) is 0.567. The molecule has 1 saturated heterocycles. The van der Waals surface area contributed by atoms with Crippen molar-refractivity contribution >= 4 is 5.78 Å². The number of aromatic hydroxyl groups is 2. The van der Waals surface area contributed by atoms with E-state index >= 15 is 0 Å². The molecule has 2 fully saturated rings. The van der Waals surface area contributed by atoms with Gasteiger partial charge in [-0.2, -0.15) is 0 Å². The lowest BCUT2D eigenvalue weighted by molar-refractivity contribution is -0.294.